The maximum Gasteiger partial charge on any atom is 0.322 e. The third-order valence-electron chi connectivity index (χ3n) is 2.92. The fourth-order valence-corrected chi connectivity index (χ4v) is 2.24. The van der Waals surface area contributed by atoms with Gasteiger partial charge in [0.25, 0.3) is 11.8 Å². The van der Waals surface area contributed by atoms with Crippen LogP contribution in [-0.4, -0.2) is 22.2 Å². The van der Waals surface area contributed by atoms with Crippen molar-refractivity contribution in [2.24, 2.45) is 0 Å². The van der Waals surface area contributed by atoms with Crippen LogP contribution in [0.15, 0.2) is 49.9 Å². The third kappa shape index (κ3) is 3.83. The number of furan rings is 1. The average molecular weight is 392 g/mol. The monoisotopic (exact) mass is 391 g/mol. The van der Waals surface area contributed by atoms with Gasteiger partial charge in [-0.05, 0) is 66.2 Å². The second kappa shape index (κ2) is 6.88. The van der Waals surface area contributed by atoms with Gasteiger partial charge in [-0.3, -0.25) is 10.1 Å². The van der Waals surface area contributed by atoms with Crippen LogP contribution < -0.4 is 10.1 Å². The standard InChI is InChI=1S/C16H14BrN3O4/c1-9(2)22-11-5-3-10(4-6-11)14(21)18-16-20-19-15(24-16)12-7-8-13(17)23-12/h3-9H,1-2H3,(H,18,20,21). The molecule has 0 atom stereocenters. The van der Waals surface area contributed by atoms with Gasteiger partial charge in [0.05, 0.1) is 6.10 Å². The number of hydrogen-bond donors (Lipinski definition) is 1. The summed E-state index contributed by atoms with van der Waals surface area (Å²) in [4.78, 5) is 12.2. The molecule has 2 aromatic heterocycles. The molecule has 0 fully saturated rings. The zero-order valence-electron chi connectivity index (χ0n) is 12.9. The number of aromatic nitrogens is 2. The van der Waals surface area contributed by atoms with Crippen molar-refractivity contribution in [3.05, 3.63) is 46.6 Å². The van der Waals surface area contributed by atoms with Crippen molar-refractivity contribution in [1.82, 2.24) is 10.2 Å². The number of nitrogens with one attached hydrogen (secondary N) is 1. The SMILES string of the molecule is CC(C)Oc1ccc(C(=O)Nc2nnc(-c3ccc(Br)o3)o2)cc1. The number of benzene rings is 1. The molecule has 0 saturated carbocycles. The largest absolute Gasteiger partial charge is 0.491 e. The second-order valence-corrected chi connectivity index (χ2v) is 5.94. The summed E-state index contributed by atoms with van der Waals surface area (Å²) >= 11 is 3.19. The summed E-state index contributed by atoms with van der Waals surface area (Å²) < 4.78 is 16.8. The second-order valence-electron chi connectivity index (χ2n) is 5.16. The Balaban J connectivity index is 1.67. The lowest BCUT2D eigenvalue weighted by Crippen LogP contribution is -2.12. The number of ether oxygens (including phenoxy) is 1. The number of halogens is 1. The molecule has 0 unspecified atom stereocenters. The molecule has 0 saturated heterocycles. The topological polar surface area (TPSA) is 90.4 Å². The molecule has 0 aliphatic heterocycles. The Bertz CT molecular complexity index is 839. The number of anilines is 1. The van der Waals surface area contributed by atoms with Crippen LogP contribution in [0.2, 0.25) is 0 Å². The zero-order valence-corrected chi connectivity index (χ0v) is 14.5. The zero-order chi connectivity index (χ0) is 17.1. The Morgan fingerprint density at radius 1 is 1.12 bits per heavy atom. The Morgan fingerprint density at radius 2 is 1.88 bits per heavy atom. The Labute approximate surface area is 146 Å². The van der Waals surface area contributed by atoms with Gasteiger partial charge >= 0.3 is 6.01 Å². The molecule has 0 spiro atoms. The van der Waals surface area contributed by atoms with Crippen LogP contribution in [-0.2, 0) is 0 Å². The number of nitrogens with zero attached hydrogens (tertiary/aromatic N) is 2. The lowest BCUT2D eigenvalue weighted by Gasteiger charge is -2.09. The van der Waals surface area contributed by atoms with E-state index in [0.29, 0.717) is 21.7 Å². The van der Waals surface area contributed by atoms with Crippen molar-refractivity contribution < 1.29 is 18.4 Å². The van der Waals surface area contributed by atoms with Gasteiger partial charge in [0, 0.05) is 5.56 Å². The number of carbonyl (C=O) groups excluding carboxylic acids is 1. The molecule has 3 aromatic rings. The highest BCUT2D eigenvalue weighted by Crippen LogP contribution is 2.25. The van der Waals surface area contributed by atoms with Gasteiger partial charge < -0.3 is 13.6 Å². The van der Waals surface area contributed by atoms with Gasteiger partial charge in [-0.25, -0.2) is 0 Å². The molecular formula is C16H14BrN3O4. The van der Waals surface area contributed by atoms with Gasteiger partial charge in [-0.2, -0.15) is 0 Å². The molecule has 0 radical (unpaired) electrons. The molecule has 1 aromatic carbocycles. The van der Waals surface area contributed by atoms with Gasteiger partial charge in [0.15, 0.2) is 10.4 Å². The third-order valence-corrected chi connectivity index (χ3v) is 3.34. The van der Waals surface area contributed by atoms with Crippen molar-refractivity contribution in [3.8, 4) is 17.4 Å². The fraction of sp³-hybridized carbons (Fsp3) is 0.188. The van der Waals surface area contributed by atoms with E-state index >= 15 is 0 Å². The number of rotatable bonds is 5. The Kier molecular flexibility index (Phi) is 4.66. The van der Waals surface area contributed by atoms with Crippen LogP contribution >= 0.6 is 15.9 Å². The van der Waals surface area contributed by atoms with E-state index in [1.807, 2.05) is 13.8 Å². The highest BCUT2D eigenvalue weighted by Gasteiger charge is 2.15. The summed E-state index contributed by atoms with van der Waals surface area (Å²) in [5, 5.41) is 10.1. The molecule has 0 aliphatic rings. The molecule has 3 rings (SSSR count). The summed E-state index contributed by atoms with van der Waals surface area (Å²) in [6.07, 6.45) is 0.0723. The normalized spacial score (nSPS) is 10.8. The lowest BCUT2D eigenvalue weighted by molar-refractivity contribution is 0.102. The van der Waals surface area contributed by atoms with E-state index < -0.39 is 0 Å². The number of hydrogen-bond acceptors (Lipinski definition) is 6. The minimum absolute atomic E-state index is 0.00923. The maximum absolute atomic E-state index is 12.2. The molecule has 8 heteroatoms. The molecule has 7 nitrogen and oxygen atoms in total. The van der Waals surface area contributed by atoms with Gasteiger partial charge in [0.1, 0.15) is 5.75 Å². The molecule has 1 amide bonds. The van der Waals surface area contributed by atoms with Crippen LogP contribution in [0, 0.1) is 0 Å². The fourth-order valence-electron chi connectivity index (χ4n) is 1.93. The molecule has 0 aliphatic carbocycles. The van der Waals surface area contributed by atoms with Crippen molar-refractivity contribution in [1.29, 1.82) is 0 Å². The average Bonchev–Trinajstić information content (AvgIpc) is 3.16. The molecule has 0 bridgehead atoms. The Morgan fingerprint density at radius 3 is 2.50 bits per heavy atom. The van der Waals surface area contributed by atoms with Gasteiger partial charge in [0.2, 0.25) is 0 Å². The first-order valence-electron chi connectivity index (χ1n) is 7.18. The molecule has 2 heterocycles. The van der Waals surface area contributed by atoms with E-state index in [1.165, 1.54) is 0 Å². The van der Waals surface area contributed by atoms with Gasteiger partial charge in [-0.1, -0.05) is 5.10 Å². The summed E-state index contributed by atoms with van der Waals surface area (Å²) in [6, 6.07) is 10.2. The van der Waals surface area contributed by atoms with E-state index in [1.54, 1.807) is 36.4 Å². The lowest BCUT2D eigenvalue weighted by atomic mass is 10.2. The van der Waals surface area contributed by atoms with Crippen LogP contribution in [0.25, 0.3) is 11.7 Å². The molecule has 1 N–H and O–H groups in total. The number of amides is 1. The van der Waals surface area contributed by atoms with E-state index in [4.69, 9.17) is 13.6 Å². The summed E-state index contributed by atoms with van der Waals surface area (Å²) in [7, 11) is 0. The predicted molar refractivity (Wildman–Crippen MR) is 89.9 cm³/mol. The van der Waals surface area contributed by atoms with E-state index in [9.17, 15) is 4.79 Å². The molecule has 24 heavy (non-hydrogen) atoms. The first-order valence-corrected chi connectivity index (χ1v) is 7.98. The van der Waals surface area contributed by atoms with Crippen LogP contribution in [0.4, 0.5) is 6.01 Å². The summed E-state index contributed by atoms with van der Waals surface area (Å²) in [5.41, 5.74) is 0.451. The van der Waals surface area contributed by atoms with E-state index in [-0.39, 0.29) is 23.9 Å². The van der Waals surface area contributed by atoms with Gasteiger partial charge in [-0.15, -0.1) is 5.10 Å². The van der Waals surface area contributed by atoms with Crippen molar-refractivity contribution in [3.63, 3.8) is 0 Å². The predicted octanol–water partition coefficient (Wildman–Crippen LogP) is 4.13. The molecular weight excluding hydrogens is 378 g/mol. The Hall–Kier alpha value is -2.61. The summed E-state index contributed by atoms with van der Waals surface area (Å²) in [5.74, 6) is 0.925. The first kappa shape index (κ1) is 16.3. The number of carbonyl (C=O) groups is 1. The maximum atomic E-state index is 12.2. The van der Waals surface area contributed by atoms with Crippen molar-refractivity contribution >= 4 is 27.9 Å². The first-order chi connectivity index (χ1) is 11.5. The van der Waals surface area contributed by atoms with Crippen LogP contribution in [0.3, 0.4) is 0 Å². The minimum Gasteiger partial charge on any atom is -0.491 e. The smallest absolute Gasteiger partial charge is 0.322 e. The van der Waals surface area contributed by atoms with Crippen LogP contribution in [0.5, 0.6) is 5.75 Å². The van der Waals surface area contributed by atoms with Crippen molar-refractivity contribution in [2.45, 2.75) is 20.0 Å². The minimum atomic E-state index is -0.359. The molecule has 124 valence electrons. The van der Waals surface area contributed by atoms with Crippen molar-refractivity contribution in [2.75, 3.05) is 5.32 Å². The quantitative estimate of drug-likeness (QED) is 0.702. The highest BCUT2D eigenvalue weighted by molar-refractivity contribution is 9.10. The van der Waals surface area contributed by atoms with E-state index in [2.05, 4.69) is 31.4 Å². The highest BCUT2D eigenvalue weighted by atomic mass is 79.9. The van der Waals surface area contributed by atoms with E-state index in [0.717, 1.165) is 0 Å². The summed E-state index contributed by atoms with van der Waals surface area (Å²) in [6.45, 7) is 3.87. The van der Waals surface area contributed by atoms with Crippen LogP contribution in [0.1, 0.15) is 24.2 Å².